The van der Waals surface area contributed by atoms with Crippen LogP contribution in [0.1, 0.15) is 81.0 Å². The predicted molar refractivity (Wildman–Crippen MR) is 196 cm³/mol. The summed E-state index contributed by atoms with van der Waals surface area (Å²) in [4.78, 5) is 18.6. The largest absolute Gasteiger partial charge is 0.490 e. The van der Waals surface area contributed by atoms with E-state index < -0.39 is 36.6 Å². The minimum absolute atomic E-state index is 0.195. The first-order chi connectivity index (χ1) is 24.5. The molecule has 5 rings (SSSR count). The van der Waals surface area contributed by atoms with E-state index >= 15 is 0 Å². The Morgan fingerprint density at radius 1 is 0.941 bits per heavy atom. The number of pyridine rings is 1. The molecule has 0 saturated heterocycles. The van der Waals surface area contributed by atoms with Crippen LogP contribution in [0.2, 0.25) is 10.0 Å². The molecule has 1 amide bonds. The van der Waals surface area contributed by atoms with Crippen LogP contribution in [-0.2, 0) is 29.7 Å². The maximum absolute atomic E-state index is 12.8. The van der Waals surface area contributed by atoms with E-state index in [1.165, 1.54) is 11.9 Å². The summed E-state index contributed by atoms with van der Waals surface area (Å²) < 4.78 is 13.2. The van der Waals surface area contributed by atoms with Gasteiger partial charge >= 0.3 is 0 Å². The summed E-state index contributed by atoms with van der Waals surface area (Å²) >= 11 is 14.4. The van der Waals surface area contributed by atoms with Crippen molar-refractivity contribution in [1.29, 1.82) is 0 Å². The van der Waals surface area contributed by atoms with E-state index in [1.54, 1.807) is 6.20 Å². The quantitative estimate of drug-likeness (QED) is 0.102. The normalized spacial score (nSPS) is 17.4. The van der Waals surface area contributed by atoms with Crippen molar-refractivity contribution in [1.82, 2.24) is 9.88 Å². The standard InChI is InChI=1S/C39H50Cl2N2O8/c1-4-24-28(11-7-9-13-33(47)43(3)21-30(45)36(48)37(49)31(46)22-44)34(40)25(5-2)38(35(24)41)51-39(17-18-39)29-20-42-19-16-26(29)27-10-6-8-12-32(27)50-23-14-15-23/h6,8,10,12,16,19-20,23,30-31,36-37,44-46,48-49H,4-5,7,9,11,13-15,17-18,21-22H2,1-3H3/t30-,31+,36+,37+/m0/s1. The molecule has 4 atom stereocenters. The van der Waals surface area contributed by atoms with Crippen molar-refractivity contribution in [3.05, 3.63) is 75.0 Å². The summed E-state index contributed by atoms with van der Waals surface area (Å²) in [5, 5.41) is 49.9. The number of carbonyl (C=O) groups is 1. The Labute approximate surface area is 310 Å². The lowest BCUT2D eigenvalue weighted by Crippen LogP contribution is -2.49. The number of likely N-dealkylation sites (N-methyl/N-ethyl adjacent to an activating group) is 1. The number of aliphatic hydroxyl groups excluding tert-OH is 5. The van der Waals surface area contributed by atoms with Gasteiger partial charge in [0, 0.05) is 49.1 Å². The topological polar surface area (TPSA) is 153 Å². The van der Waals surface area contributed by atoms with Crippen molar-refractivity contribution in [2.24, 2.45) is 0 Å². The summed E-state index contributed by atoms with van der Waals surface area (Å²) in [5.41, 5.74) is 5.13. The fourth-order valence-corrected chi connectivity index (χ4v) is 7.40. The average Bonchev–Trinajstić information content (AvgIpc) is 4.09. The maximum atomic E-state index is 12.8. The zero-order valence-corrected chi connectivity index (χ0v) is 31.0. The monoisotopic (exact) mass is 744 g/mol. The summed E-state index contributed by atoms with van der Waals surface area (Å²) in [5.74, 6) is 1.21. The van der Waals surface area contributed by atoms with Gasteiger partial charge in [-0.15, -0.1) is 0 Å². The Balaban J connectivity index is 1.29. The van der Waals surface area contributed by atoms with E-state index in [0.717, 1.165) is 64.8 Å². The third-order valence-corrected chi connectivity index (χ3v) is 10.8. The molecule has 1 heterocycles. The number of aliphatic hydroxyl groups is 5. The second-order valence-electron chi connectivity index (χ2n) is 13.7. The smallest absolute Gasteiger partial charge is 0.222 e. The van der Waals surface area contributed by atoms with Crippen LogP contribution >= 0.6 is 23.2 Å². The highest BCUT2D eigenvalue weighted by Crippen LogP contribution is 2.55. The molecule has 1 aromatic heterocycles. The maximum Gasteiger partial charge on any atom is 0.222 e. The third-order valence-electron chi connectivity index (χ3n) is 9.93. The van der Waals surface area contributed by atoms with Gasteiger partial charge < -0.3 is 39.9 Å². The lowest BCUT2D eigenvalue weighted by molar-refractivity contribution is -0.138. The molecule has 278 valence electrons. The molecule has 2 aromatic carbocycles. The van der Waals surface area contributed by atoms with E-state index in [9.17, 15) is 25.2 Å². The van der Waals surface area contributed by atoms with Crippen LogP contribution in [0.25, 0.3) is 11.1 Å². The first-order valence-electron chi connectivity index (χ1n) is 17.9. The molecule has 12 heteroatoms. The number of unbranched alkanes of at least 4 members (excludes halogenated alkanes) is 1. The van der Waals surface area contributed by atoms with Gasteiger partial charge in [-0.05, 0) is 86.6 Å². The van der Waals surface area contributed by atoms with Crippen LogP contribution < -0.4 is 9.47 Å². The van der Waals surface area contributed by atoms with E-state index in [2.05, 4.69) is 11.1 Å². The third kappa shape index (κ3) is 8.99. The Bertz CT molecular complexity index is 1660. The van der Waals surface area contributed by atoms with Crippen LogP contribution in [-0.4, -0.2) is 92.0 Å². The van der Waals surface area contributed by atoms with Gasteiger partial charge in [0.15, 0.2) is 0 Å². The van der Waals surface area contributed by atoms with Crippen LogP contribution in [0.5, 0.6) is 11.5 Å². The van der Waals surface area contributed by atoms with E-state index in [4.69, 9.17) is 37.8 Å². The Morgan fingerprint density at radius 3 is 2.27 bits per heavy atom. The van der Waals surface area contributed by atoms with E-state index in [0.29, 0.717) is 47.9 Å². The van der Waals surface area contributed by atoms with Gasteiger partial charge in [0.25, 0.3) is 0 Å². The molecule has 2 fully saturated rings. The number of rotatable bonds is 19. The SMILES string of the molecule is CCc1c(Cl)c(OC2(c3cnccc3-c3ccccc3OC3CC3)CC2)c(CC)c(Cl)c1CCCCC(=O)N(C)C[C@H](O)[C@@H](O)[C@H](O)[C@H](O)CO. The second-order valence-corrected chi connectivity index (χ2v) is 14.5. The van der Waals surface area contributed by atoms with Crippen molar-refractivity contribution < 1.29 is 39.8 Å². The number of hydrogen-bond donors (Lipinski definition) is 5. The molecule has 5 N–H and O–H groups in total. The number of carbonyl (C=O) groups excluding carboxylic acids is 1. The van der Waals surface area contributed by atoms with Crippen LogP contribution in [0, 0.1) is 0 Å². The van der Waals surface area contributed by atoms with E-state index in [1.807, 2.05) is 44.3 Å². The molecule has 0 aliphatic heterocycles. The summed E-state index contributed by atoms with van der Waals surface area (Å²) in [6.45, 7) is 3.04. The lowest BCUT2D eigenvalue weighted by atomic mass is 9.94. The molecular formula is C39H50Cl2N2O8. The fourth-order valence-electron chi connectivity index (χ4n) is 6.58. The van der Waals surface area contributed by atoms with E-state index in [-0.39, 0.29) is 25.0 Å². The molecular weight excluding hydrogens is 695 g/mol. The first-order valence-corrected chi connectivity index (χ1v) is 18.7. The number of aromatic nitrogens is 1. The average molecular weight is 746 g/mol. The second kappa shape index (κ2) is 17.2. The molecule has 0 unspecified atom stereocenters. The van der Waals surface area contributed by atoms with Crippen molar-refractivity contribution in [3.63, 3.8) is 0 Å². The molecule has 2 aliphatic carbocycles. The number of amides is 1. The summed E-state index contributed by atoms with van der Waals surface area (Å²) in [6, 6.07) is 10.1. The number of hydrogen-bond acceptors (Lipinski definition) is 9. The van der Waals surface area contributed by atoms with Crippen molar-refractivity contribution in [2.45, 2.75) is 114 Å². The highest BCUT2D eigenvalue weighted by molar-refractivity contribution is 6.36. The summed E-state index contributed by atoms with van der Waals surface area (Å²) in [6.07, 6.45) is 4.36. The van der Waals surface area contributed by atoms with Crippen LogP contribution in [0.15, 0.2) is 42.7 Å². The number of nitrogens with zero attached hydrogens (tertiary/aromatic N) is 2. The number of para-hydroxylation sites is 1. The van der Waals surface area contributed by atoms with Crippen LogP contribution in [0.4, 0.5) is 0 Å². The highest BCUT2D eigenvalue weighted by atomic mass is 35.5. The minimum atomic E-state index is -1.75. The predicted octanol–water partition coefficient (Wildman–Crippen LogP) is 5.40. The molecule has 3 aromatic rings. The Kier molecular flexibility index (Phi) is 13.3. The van der Waals surface area contributed by atoms with Gasteiger partial charge in [0.1, 0.15) is 41.5 Å². The Hall–Kier alpha value is -2.96. The number of ether oxygens (including phenoxy) is 2. The molecule has 10 nitrogen and oxygen atoms in total. The molecule has 0 spiro atoms. The lowest BCUT2D eigenvalue weighted by Gasteiger charge is -2.28. The minimum Gasteiger partial charge on any atom is -0.490 e. The van der Waals surface area contributed by atoms with Crippen molar-refractivity contribution in [2.75, 3.05) is 20.2 Å². The summed E-state index contributed by atoms with van der Waals surface area (Å²) in [7, 11) is 1.49. The molecule has 0 bridgehead atoms. The van der Waals surface area contributed by atoms with Gasteiger partial charge in [0.2, 0.25) is 5.91 Å². The first kappa shape index (κ1) is 39.3. The van der Waals surface area contributed by atoms with Gasteiger partial charge in [0.05, 0.1) is 22.8 Å². The molecule has 0 radical (unpaired) electrons. The zero-order chi connectivity index (χ0) is 36.9. The number of benzene rings is 2. The fraction of sp³-hybridized carbons (Fsp3) is 0.538. The highest BCUT2D eigenvalue weighted by Gasteiger charge is 2.50. The van der Waals surface area contributed by atoms with Crippen molar-refractivity contribution in [3.8, 4) is 22.6 Å². The van der Waals surface area contributed by atoms with Gasteiger partial charge in [-0.1, -0.05) is 55.2 Å². The van der Waals surface area contributed by atoms with Gasteiger partial charge in [-0.25, -0.2) is 0 Å². The van der Waals surface area contributed by atoms with Crippen LogP contribution in [0.3, 0.4) is 0 Å². The Morgan fingerprint density at radius 2 is 1.63 bits per heavy atom. The molecule has 2 saturated carbocycles. The van der Waals surface area contributed by atoms with Gasteiger partial charge in [-0.2, -0.15) is 0 Å². The van der Waals surface area contributed by atoms with Gasteiger partial charge in [-0.3, -0.25) is 9.78 Å². The zero-order valence-electron chi connectivity index (χ0n) is 29.5. The van der Waals surface area contributed by atoms with Crippen molar-refractivity contribution >= 4 is 29.1 Å². The molecule has 51 heavy (non-hydrogen) atoms. The molecule has 2 aliphatic rings. The number of halogens is 2.